The minimum absolute atomic E-state index is 0.135. The first kappa shape index (κ1) is 12.6. The van der Waals surface area contributed by atoms with Crippen molar-refractivity contribution in [1.29, 1.82) is 0 Å². The molecule has 1 aliphatic carbocycles. The quantitative estimate of drug-likeness (QED) is 0.822. The fraction of sp³-hybridized carbons (Fsp3) is 0.500. The first-order valence-electron chi connectivity index (χ1n) is 5.73. The van der Waals surface area contributed by atoms with Gasteiger partial charge in [-0.1, -0.05) is 0 Å². The van der Waals surface area contributed by atoms with Gasteiger partial charge in [0.25, 0.3) is 5.91 Å². The lowest BCUT2D eigenvalue weighted by Gasteiger charge is -2.38. The van der Waals surface area contributed by atoms with Gasteiger partial charge in [0.2, 0.25) is 5.76 Å². The van der Waals surface area contributed by atoms with Crippen LogP contribution in [0.4, 0.5) is 0 Å². The Bertz CT molecular complexity index is 455. The third-order valence-electron chi connectivity index (χ3n) is 3.26. The Labute approximate surface area is 104 Å². The number of aromatic carboxylic acids is 1. The van der Waals surface area contributed by atoms with E-state index in [1.807, 2.05) is 0 Å². The lowest BCUT2D eigenvalue weighted by molar-refractivity contribution is -0.154. The molecule has 6 heteroatoms. The van der Waals surface area contributed by atoms with Gasteiger partial charge < -0.3 is 19.6 Å². The maximum Gasteiger partial charge on any atom is 0.371 e. The predicted octanol–water partition coefficient (Wildman–Crippen LogP) is 1.16. The van der Waals surface area contributed by atoms with Crippen LogP contribution in [-0.4, -0.2) is 29.7 Å². The third kappa shape index (κ3) is 2.24. The molecule has 1 aliphatic rings. The van der Waals surface area contributed by atoms with E-state index in [0.717, 1.165) is 6.42 Å². The van der Waals surface area contributed by atoms with E-state index < -0.39 is 11.6 Å². The van der Waals surface area contributed by atoms with E-state index >= 15 is 0 Å². The predicted molar refractivity (Wildman–Crippen MR) is 61.1 cm³/mol. The lowest BCUT2D eigenvalue weighted by atomic mass is 9.79. The van der Waals surface area contributed by atoms with E-state index in [1.165, 1.54) is 19.2 Å². The zero-order valence-electron chi connectivity index (χ0n) is 10.1. The molecule has 0 aromatic carbocycles. The number of carboxylic acids is 1. The smallest absolute Gasteiger partial charge is 0.371 e. The Balaban J connectivity index is 1.91. The standard InChI is InChI=1S/C12H15NO5/c1-17-12(5-2-6-12)11(16)13-7-8-3-4-9(18-8)10(14)15/h3-4H,2,5-7H2,1H3,(H,13,16)(H,14,15). The van der Waals surface area contributed by atoms with E-state index in [4.69, 9.17) is 14.3 Å². The highest BCUT2D eigenvalue weighted by Gasteiger charge is 2.44. The highest BCUT2D eigenvalue weighted by atomic mass is 16.5. The van der Waals surface area contributed by atoms with Gasteiger partial charge in [-0.05, 0) is 31.4 Å². The van der Waals surface area contributed by atoms with Crippen LogP contribution >= 0.6 is 0 Å². The number of carbonyl (C=O) groups excluding carboxylic acids is 1. The molecule has 1 heterocycles. The largest absolute Gasteiger partial charge is 0.475 e. The van der Waals surface area contributed by atoms with Gasteiger partial charge in [0.1, 0.15) is 11.4 Å². The summed E-state index contributed by atoms with van der Waals surface area (Å²) in [5.74, 6) is -1.03. The molecule has 1 aromatic rings. The van der Waals surface area contributed by atoms with Crippen molar-refractivity contribution in [2.75, 3.05) is 7.11 Å². The summed E-state index contributed by atoms with van der Waals surface area (Å²) in [4.78, 5) is 22.5. The summed E-state index contributed by atoms with van der Waals surface area (Å²) in [7, 11) is 1.52. The minimum Gasteiger partial charge on any atom is -0.475 e. The van der Waals surface area contributed by atoms with Crippen molar-refractivity contribution >= 4 is 11.9 Å². The molecule has 98 valence electrons. The van der Waals surface area contributed by atoms with Crippen LogP contribution in [0.15, 0.2) is 16.5 Å². The Kier molecular flexibility index (Phi) is 3.38. The summed E-state index contributed by atoms with van der Waals surface area (Å²) in [5, 5.41) is 11.4. The van der Waals surface area contributed by atoms with Crippen molar-refractivity contribution in [3.05, 3.63) is 23.7 Å². The van der Waals surface area contributed by atoms with Crippen LogP contribution in [0, 0.1) is 0 Å². The molecule has 6 nitrogen and oxygen atoms in total. The Morgan fingerprint density at radius 3 is 2.67 bits per heavy atom. The number of methoxy groups -OCH3 is 1. The Morgan fingerprint density at radius 2 is 2.22 bits per heavy atom. The Morgan fingerprint density at radius 1 is 1.50 bits per heavy atom. The van der Waals surface area contributed by atoms with Crippen LogP contribution in [0.5, 0.6) is 0 Å². The van der Waals surface area contributed by atoms with Gasteiger partial charge >= 0.3 is 5.97 Å². The molecule has 0 spiro atoms. The second-order valence-electron chi connectivity index (χ2n) is 4.31. The zero-order valence-corrected chi connectivity index (χ0v) is 10.1. The topological polar surface area (TPSA) is 88.8 Å². The number of furan rings is 1. The van der Waals surface area contributed by atoms with Crippen LogP contribution in [0.1, 0.15) is 35.6 Å². The Hall–Kier alpha value is -1.82. The van der Waals surface area contributed by atoms with E-state index in [0.29, 0.717) is 18.6 Å². The lowest BCUT2D eigenvalue weighted by Crippen LogP contribution is -2.52. The molecule has 18 heavy (non-hydrogen) atoms. The second kappa shape index (κ2) is 4.81. The summed E-state index contributed by atoms with van der Waals surface area (Å²) in [6, 6.07) is 2.89. The molecule has 1 fully saturated rings. The molecular formula is C12H15NO5. The summed E-state index contributed by atoms with van der Waals surface area (Å²) in [6.45, 7) is 0.164. The van der Waals surface area contributed by atoms with E-state index in [1.54, 1.807) is 0 Å². The number of carbonyl (C=O) groups is 2. The van der Waals surface area contributed by atoms with Crippen molar-refractivity contribution in [3.8, 4) is 0 Å². The van der Waals surface area contributed by atoms with Gasteiger partial charge in [0.15, 0.2) is 0 Å². The number of carboxylic acid groups (broad SMARTS) is 1. The van der Waals surface area contributed by atoms with Crippen molar-refractivity contribution < 1.29 is 23.8 Å². The molecule has 1 aromatic heterocycles. The van der Waals surface area contributed by atoms with Crippen molar-refractivity contribution in [2.24, 2.45) is 0 Å². The van der Waals surface area contributed by atoms with Crippen LogP contribution in [0.2, 0.25) is 0 Å². The average molecular weight is 253 g/mol. The SMILES string of the molecule is COC1(C(=O)NCc2ccc(C(=O)O)o2)CCC1. The first-order chi connectivity index (χ1) is 8.57. The molecule has 1 saturated carbocycles. The maximum absolute atomic E-state index is 11.9. The summed E-state index contributed by atoms with van der Waals surface area (Å²) in [5.41, 5.74) is -0.706. The van der Waals surface area contributed by atoms with E-state index in [9.17, 15) is 9.59 Å². The monoisotopic (exact) mass is 253 g/mol. The minimum atomic E-state index is -1.13. The zero-order chi connectivity index (χ0) is 13.2. The second-order valence-corrected chi connectivity index (χ2v) is 4.31. The van der Waals surface area contributed by atoms with Crippen molar-refractivity contribution in [3.63, 3.8) is 0 Å². The van der Waals surface area contributed by atoms with Crippen LogP contribution in [0.3, 0.4) is 0 Å². The van der Waals surface area contributed by atoms with Gasteiger partial charge in [-0.15, -0.1) is 0 Å². The molecule has 0 aliphatic heterocycles. The highest BCUT2D eigenvalue weighted by Crippen LogP contribution is 2.35. The molecule has 0 bridgehead atoms. The number of ether oxygens (including phenoxy) is 1. The molecule has 0 atom stereocenters. The van der Waals surface area contributed by atoms with Crippen molar-refractivity contribution in [2.45, 2.75) is 31.4 Å². The molecule has 2 rings (SSSR count). The number of hydrogen-bond acceptors (Lipinski definition) is 4. The van der Waals surface area contributed by atoms with Crippen molar-refractivity contribution in [1.82, 2.24) is 5.32 Å². The molecular weight excluding hydrogens is 238 g/mol. The fourth-order valence-electron chi connectivity index (χ4n) is 1.94. The highest BCUT2D eigenvalue weighted by molar-refractivity contribution is 5.86. The van der Waals surface area contributed by atoms with Gasteiger partial charge in [-0.3, -0.25) is 4.79 Å². The molecule has 0 radical (unpaired) electrons. The number of rotatable bonds is 5. The van der Waals surface area contributed by atoms with Crippen LogP contribution in [0.25, 0.3) is 0 Å². The maximum atomic E-state index is 11.9. The molecule has 2 N–H and O–H groups in total. The number of amides is 1. The fourth-order valence-corrected chi connectivity index (χ4v) is 1.94. The van der Waals surface area contributed by atoms with Crippen LogP contribution in [-0.2, 0) is 16.1 Å². The van der Waals surface area contributed by atoms with Gasteiger partial charge in [-0.2, -0.15) is 0 Å². The van der Waals surface area contributed by atoms with Crippen LogP contribution < -0.4 is 5.32 Å². The summed E-state index contributed by atoms with van der Waals surface area (Å²) < 4.78 is 10.3. The summed E-state index contributed by atoms with van der Waals surface area (Å²) in [6.07, 6.45) is 2.41. The van der Waals surface area contributed by atoms with Gasteiger partial charge in [0, 0.05) is 7.11 Å². The number of nitrogens with one attached hydrogen (secondary N) is 1. The first-order valence-corrected chi connectivity index (χ1v) is 5.73. The van der Waals surface area contributed by atoms with Gasteiger partial charge in [0.05, 0.1) is 6.54 Å². The molecule has 0 saturated heterocycles. The van der Waals surface area contributed by atoms with E-state index in [2.05, 4.69) is 5.32 Å². The average Bonchev–Trinajstić information content (AvgIpc) is 2.74. The normalized spacial score (nSPS) is 16.9. The summed E-state index contributed by atoms with van der Waals surface area (Å²) >= 11 is 0. The van der Waals surface area contributed by atoms with Gasteiger partial charge in [-0.25, -0.2) is 4.79 Å². The molecule has 0 unspecified atom stereocenters. The molecule has 1 amide bonds. The number of hydrogen-bond donors (Lipinski definition) is 2. The third-order valence-corrected chi connectivity index (χ3v) is 3.26. The van der Waals surface area contributed by atoms with E-state index in [-0.39, 0.29) is 18.2 Å².